The standard InChI is InChI=1S/C15H18ClN3O/c1-3-15(2,17)12-8-19-14(20-9-4-5-9)11-7-18-13(16)6-10(11)12/h6-9H,3-5,17H2,1-2H3. The van der Waals surface area contributed by atoms with Crippen LogP contribution in [0.5, 0.6) is 5.88 Å². The first kappa shape index (κ1) is 13.6. The van der Waals surface area contributed by atoms with E-state index in [-0.39, 0.29) is 0 Å². The molecule has 0 bridgehead atoms. The van der Waals surface area contributed by atoms with Gasteiger partial charge in [0.2, 0.25) is 5.88 Å². The predicted octanol–water partition coefficient (Wildman–Crippen LogP) is 3.41. The second kappa shape index (κ2) is 4.86. The number of halogens is 1. The number of ether oxygens (including phenoxy) is 1. The lowest BCUT2D eigenvalue weighted by Gasteiger charge is -2.25. The Morgan fingerprint density at radius 3 is 2.75 bits per heavy atom. The Balaban J connectivity index is 2.19. The summed E-state index contributed by atoms with van der Waals surface area (Å²) in [4.78, 5) is 8.59. The molecule has 1 saturated carbocycles. The van der Waals surface area contributed by atoms with Crippen molar-refractivity contribution in [2.75, 3.05) is 0 Å². The van der Waals surface area contributed by atoms with Gasteiger partial charge in [-0.25, -0.2) is 9.97 Å². The van der Waals surface area contributed by atoms with Gasteiger partial charge >= 0.3 is 0 Å². The highest BCUT2D eigenvalue weighted by Crippen LogP contribution is 2.35. The zero-order valence-corrected chi connectivity index (χ0v) is 12.4. The normalized spacial score (nSPS) is 18.0. The second-order valence-corrected chi connectivity index (χ2v) is 6.01. The first-order valence-electron chi connectivity index (χ1n) is 6.91. The number of rotatable bonds is 4. The molecule has 20 heavy (non-hydrogen) atoms. The molecule has 1 aliphatic rings. The first-order valence-corrected chi connectivity index (χ1v) is 7.29. The third kappa shape index (κ3) is 2.45. The molecule has 0 aromatic carbocycles. The van der Waals surface area contributed by atoms with Crippen LogP contribution in [0.15, 0.2) is 18.5 Å². The fraction of sp³-hybridized carbons (Fsp3) is 0.467. The molecule has 106 valence electrons. The SMILES string of the molecule is CCC(C)(N)c1cnc(OC2CC2)c2cnc(Cl)cc12. The molecule has 0 saturated heterocycles. The number of fused-ring (bicyclic) bond motifs is 1. The molecule has 1 aliphatic carbocycles. The molecule has 0 spiro atoms. The maximum absolute atomic E-state index is 6.37. The third-order valence-corrected chi connectivity index (χ3v) is 4.06. The maximum Gasteiger partial charge on any atom is 0.223 e. The van der Waals surface area contributed by atoms with Gasteiger partial charge in [0.25, 0.3) is 0 Å². The number of hydrogen-bond acceptors (Lipinski definition) is 4. The lowest BCUT2D eigenvalue weighted by atomic mass is 9.89. The van der Waals surface area contributed by atoms with Crippen LogP contribution in [0.25, 0.3) is 10.8 Å². The molecule has 0 radical (unpaired) electrons. The minimum atomic E-state index is -0.450. The second-order valence-electron chi connectivity index (χ2n) is 5.62. The quantitative estimate of drug-likeness (QED) is 0.877. The van der Waals surface area contributed by atoms with Crippen LogP contribution < -0.4 is 10.5 Å². The van der Waals surface area contributed by atoms with Crippen molar-refractivity contribution in [3.05, 3.63) is 29.2 Å². The summed E-state index contributed by atoms with van der Waals surface area (Å²) in [5, 5.41) is 2.31. The first-order chi connectivity index (χ1) is 9.51. The van der Waals surface area contributed by atoms with Gasteiger partial charge in [0, 0.05) is 17.9 Å². The molecule has 0 aliphatic heterocycles. The Morgan fingerprint density at radius 1 is 1.35 bits per heavy atom. The number of hydrogen-bond donors (Lipinski definition) is 1. The highest BCUT2D eigenvalue weighted by molar-refractivity contribution is 6.30. The van der Waals surface area contributed by atoms with Crippen molar-refractivity contribution in [2.24, 2.45) is 5.73 Å². The number of aromatic nitrogens is 2. The van der Waals surface area contributed by atoms with E-state index in [1.807, 2.05) is 13.0 Å². The summed E-state index contributed by atoms with van der Waals surface area (Å²) in [6.45, 7) is 4.06. The zero-order valence-electron chi connectivity index (χ0n) is 11.7. The molecule has 2 heterocycles. The molecule has 5 heteroatoms. The van der Waals surface area contributed by atoms with E-state index in [0.29, 0.717) is 17.1 Å². The van der Waals surface area contributed by atoms with Crippen LogP contribution in [0.2, 0.25) is 5.15 Å². The van der Waals surface area contributed by atoms with E-state index in [9.17, 15) is 0 Å². The van der Waals surface area contributed by atoms with Gasteiger partial charge in [0.05, 0.1) is 5.39 Å². The number of nitrogens with two attached hydrogens (primary N) is 1. The minimum Gasteiger partial charge on any atom is -0.474 e. The Morgan fingerprint density at radius 2 is 2.10 bits per heavy atom. The topological polar surface area (TPSA) is 61.0 Å². The molecule has 1 atom stereocenters. The van der Waals surface area contributed by atoms with E-state index in [1.54, 1.807) is 12.4 Å². The summed E-state index contributed by atoms with van der Waals surface area (Å²) in [5.74, 6) is 0.627. The van der Waals surface area contributed by atoms with E-state index in [2.05, 4.69) is 16.9 Å². The van der Waals surface area contributed by atoms with Crippen LogP contribution in [0.3, 0.4) is 0 Å². The van der Waals surface area contributed by atoms with Crippen molar-refractivity contribution >= 4 is 22.4 Å². The van der Waals surface area contributed by atoms with Gasteiger partial charge in [0.1, 0.15) is 11.3 Å². The van der Waals surface area contributed by atoms with Crippen LogP contribution in [-0.4, -0.2) is 16.1 Å². The van der Waals surface area contributed by atoms with Gasteiger partial charge in [-0.05, 0) is 43.2 Å². The summed E-state index contributed by atoms with van der Waals surface area (Å²) in [6.07, 6.45) is 6.82. The van der Waals surface area contributed by atoms with E-state index in [1.165, 1.54) is 0 Å². The molecule has 0 amide bonds. The van der Waals surface area contributed by atoms with Gasteiger partial charge in [-0.2, -0.15) is 0 Å². The average Bonchev–Trinajstić information content (AvgIpc) is 3.22. The van der Waals surface area contributed by atoms with E-state index in [4.69, 9.17) is 22.1 Å². The Hall–Kier alpha value is -1.39. The summed E-state index contributed by atoms with van der Waals surface area (Å²) in [7, 11) is 0. The maximum atomic E-state index is 6.37. The van der Waals surface area contributed by atoms with E-state index in [0.717, 1.165) is 35.6 Å². The van der Waals surface area contributed by atoms with Gasteiger partial charge in [-0.1, -0.05) is 18.5 Å². The lowest BCUT2D eigenvalue weighted by molar-refractivity contribution is 0.294. The van der Waals surface area contributed by atoms with Crippen molar-refractivity contribution in [2.45, 2.75) is 44.8 Å². The summed E-state index contributed by atoms with van der Waals surface area (Å²) in [6, 6.07) is 1.84. The zero-order chi connectivity index (χ0) is 14.3. The summed E-state index contributed by atoms with van der Waals surface area (Å²) >= 11 is 6.04. The van der Waals surface area contributed by atoms with Gasteiger partial charge in [-0.15, -0.1) is 0 Å². The predicted molar refractivity (Wildman–Crippen MR) is 80.0 cm³/mol. The van der Waals surface area contributed by atoms with Crippen LogP contribution in [0.4, 0.5) is 0 Å². The molecule has 3 rings (SSSR count). The highest BCUT2D eigenvalue weighted by atomic mass is 35.5. The largest absolute Gasteiger partial charge is 0.474 e. The van der Waals surface area contributed by atoms with Gasteiger partial charge in [0.15, 0.2) is 0 Å². The van der Waals surface area contributed by atoms with Crippen molar-refractivity contribution < 1.29 is 4.74 Å². The average molecular weight is 292 g/mol. The van der Waals surface area contributed by atoms with E-state index >= 15 is 0 Å². The van der Waals surface area contributed by atoms with Crippen LogP contribution in [0, 0.1) is 0 Å². The molecule has 1 fully saturated rings. The molecule has 4 nitrogen and oxygen atoms in total. The monoisotopic (exact) mass is 291 g/mol. The van der Waals surface area contributed by atoms with Crippen molar-refractivity contribution in [3.63, 3.8) is 0 Å². The van der Waals surface area contributed by atoms with Crippen LogP contribution in [-0.2, 0) is 5.54 Å². The molecule has 2 N–H and O–H groups in total. The molecular weight excluding hydrogens is 274 g/mol. The van der Waals surface area contributed by atoms with E-state index < -0.39 is 5.54 Å². The smallest absolute Gasteiger partial charge is 0.223 e. The number of pyridine rings is 2. The minimum absolute atomic E-state index is 0.294. The van der Waals surface area contributed by atoms with Crippen LogP contribution in [0.1, 0.15) is 38.7 Å². The Labute approximate surface area is 123 Å². The van der Waals surface area contributed by atoms with Crippen LogP contribution >= 0.6 is 11.6 Å². The fourth-order valence-electron chi connectivity index (χ4n) is 2.17. The van der Waals surface area contributed by atoms with Gasteiger partial charge < -0.3 is 10.5 Å². The van der Waals surface area contributed by atoms with Crippen molar-refractivity contribution in [1.29, 1.82) is 0 Å². The third-order valence-electron chi connectivity index (χ3n) is 3.85. The molecule has 1 unspecified atom stereocenters. The van der Waals surface area contributed by atoms with Crippen molar-refractivity contribution in [1.82, 2.24) is 9.97 Å². The van der Waals surface area contributed by atoms with Gasteiger partial charge in [-0.3, -0.25) is 0 Å². The molecule has 2 aromatic rings. The Kier molecular flexibility index (Phi) is 3.30. The Bertz CT molecular complexity index is 653. The van der Waals surface area contributed by atoms with Crippen molar-refractivity contribution in [3.8, 4) is 5.88 Å². The summed E-state index contributed by atoms with van der Waals surface area (Å²) < 4.78 is 5.84. The highest BCUT2D eigenvalue weighted by Gasteiger charge is 2.27. The lowest BCUT2D eigenvalue weighted by Crippen LogP contribution is -2.32. The number of nitrogens with zero attached hydrogens (tertiary/aromatic N) is 2. The molecular formula is C15H18ClN3O. The fourth-order valence-corrected chi connectivity index (χ4v) is 2.33. The molecule has 2 aromatic heterocycles. The summed E-state index contributed by atoms with van der Waals surface area (Å²) in [5.41, 5.74) is 6.90.